The summed E-state index contributed by atoms with van der Waals surface area (Å²) in [5.41, 5.74) is 7.16. The molecule has 6 heteroatoms. The monoisotopic (exact) mass is 252 g/mol. The van der Waals surface area contributed by atoms with Crippen LogP contribution in [0.4, 0.5) is 0 Å². The molecule has 1 saturated heterocycles. The molecule has 1 aromatic heterocycles. The predicted molar refractivity (Wildman–Crippen MR) is 66.8 cm³/mol. The summed E-state index contributed by atoms with van der Waals surface area (Å²) in [5.74, 6) is -0.147. The number of hydrogen-bond donors (Lipinski definition) is 2. The summed E-state index contributed by atoms with van der Waals surface area (Å²) in [6.45, 7) is 3.36. The van der Waals surface area contributed by atoms with Crippen molar-refractivity contribution in [1.29, 1.82) is 0 Å². The lowest BCUT2D eigenvalue weighted by atomic mass is 9.99. The number of rotatable bonds is 4. The maximum atomic E-state index is 12.0. The molecule has 1 unspecified atom stereocenters. The van der Waals surface area contributed by atoms with Crippen molar-refractivity contribution in [2.24, 2.45) is 12.8 Å². The van der Waals surface area contributed by atoms with E-state index in [2.05, 4.69) is 10.4 Å². The molecule has 18 heavy (non-hydrogen) atoms. The van der Waals surface area contributed by atoms with Gasteiger partial charge in [0.1, 0.15) is 5.54 Å². The summed E-state index contributed by atoms with van der Waals surface area (Å²) in [4.78, 5) is 12.0. The highest BCUT2D eigenvalue weighted by atomic mass is 16.5. The number of ether oxygens (including phenoxy) is 1. The minimum atomic E-state index is -0.866. The number of amides is 1. The van der Waals surface area contributed by atoms with Gasteiger partial charge in [-0.2, -0.15) is 5.10 Å². The zero-order valence-corrected chi connectivity index (χ0v) is 10.9. The summed E-state index contributed by atoms with van der Waals surface area (Å²) in [6, 6.07) is 0. The van der Waals surface area contributed by atoms with Crippen molar-refractivity contribution < 1.29 is 9.53 Å². The summed E-state index contributed by atoms with van der Waals surface area (Å²) in [7, 11) is 1.87. The Labute approximate surface area is 106 Å². The smallest absolute Gasteiger partial charge is 0.242 e. The fourth-order valence-corrected chi connectivity index (χ4v) is 2.14. The van der Waals surface area contributed by atoms with E-state index in [4.69, 9.17) is 10.5 Å². The number of aromatic nitrogens is 2. The first-order valence-electron chi connectivity index (χ1n) is 6.21. The molecular weight excluding hydrogens is 232 g/mol. The maximum Gasteiger partial charge on any atom is 0.242 e. The first-order valence-corrected chi connectivity index (χ1v) is 6.21. The van der Waals surface area contributed by atoms with Crippen molar-refractivity contribution in [3.63, 3.8) is 0 Å². The van der Waals surface area contributed by atoms with Crippen molar-refractivity contribution in [2.45, 2.75) is 31.8 Å². The molecule has 0 bridgehead atoms. The zero-order chi connectivity index (χ0) is 13.2. The lowest BCUT2D eigenvalue weighted by Crippen LogP contribution is -2.54. The Morgan fingerprint density at radius 3 is 3.11 bits per heavy atom. The van der Waals surface area contributed by atoms with E-state index in [9.17, 15) is 4.79 Å². The van der Waals surface area contributed by atoms with E-state index in [1.54, 1.807) is 4.68 Å². The lowest BCUT2D eigenvalue weighted by Gasteiger charge is -2.20. The topological polar surface area (TPSA) is 82.2 Å². The van der Waals surface area contributed by atoms with Crippen LogP contribution in [0.1, 0.15) is 24.6 Å². The Hall–Kier alpha value is -1.40. The highest BCUT2D eigenvalue weighted by Gasteiger charge is 2.38. The van der Waals surface area contributed by atoms with Crippen LogP contribution in [0.5, 0.6) is 0 Å². The minimum Gasteiger partial charge on any atom is -0.379 e. The van der Waals surface area contributed by atoms with Crippen LogP contribution in [0, 0.1) is 0 Å². The summed E-state index contributed by atoms with van der Waals surface area (Å²) < 4.78 is 6.94. The molecule has 2 rings (SSSR count). The van der Waals surface area contributed by atoms with E-state index in [0.717, 1.165) is 17.7 Å². The van der Waals surface area contributed by atoms with Gasteiger partial charge in [-0.15, -0.1) is 0 Å². The van der Waals surface area contributed by atoms with Crippen molar-refractivity contribution in [1.82, 2.24) is 15.1 Å². The summed E-state index contributed by atoms with van der Waals surface area (Å²) in [5, 5.41) is 7.20. The molecule has 0 saturated carbocycles. The van der Waals surface area contributed by atoms with E-state index in [0.29, 0.717) is 26.2 Å². The third kappa shape index (κ3) is 2.54. The molecule has 1 aromatic rings. The molecule has 0 aromatic carbocycles. The Kier molecular flexibility index (Phi) is 3.68. The predicted octanol–water partition coefficient (Wildman–Crippen LogP) is -0.283. The van der Waals surface area contributed by atoms with Crippen LogP contribution in [-0.4, -0.2) is 34.4 Å². The second-order valence-corrected chi connectivity index (χ2v) is 4.77. The normalized spacial score (nSPS) is 23.3. The molecule has 1 amide bonds. The van der Waals surface area contributed by atoms with Crippen molar-refractivity contribution in [3.05, 3.63) is 17.5 Å². The van der Waals surface area contributed by atoms with E-state index in [-0.39, 0.29) is 5.91 Å². The van der Waals surface area contributed by atoms with Gasteiger partial charge in [-0.05, 0) is 12.8 Å². The van der Waals surface area contributed by atoms with E-state index in [1.165, 1.54) is 0 Å². The molecule has 0 radical (unpaired) electrons. The fourth-order valence-electron chi connectivity index (χ4n) is 2.14. The number of nitrogens with one attached hydrogen (secondary N) is 1. The number of nitrogens with two attached hydrogens (primary N) is 1. The number of hydrogen-bond acceptors (Lipinski definition) is 4. The van der Waals surface area contributed by atoms with Gasteiger partial charge in [-0.3, -0.25) is 9.48 Å². The van der Waals surface area contributed by atoms with Gasteiger partial charge < -0.3 is 15.8 Å². The standard InChI is InChI=1S/C12H20N4O2/c1-3-10-9(7-16(2)15-10)6-14-11(17)12(13)4-5-18-8-12/h7H,3-6,8,13H2,1-2H3,(H,14,17). The zero-order valence-electron chi connectivity index (χ0n) is 10.9. The molecule has 1 aliphatic rings. The average Bonchev–Trinajstić information content (AvgIpc) is 2.93. The van der Waals surface area contributed by atoms with Crippen LogP contribution in [0.25, 0.3) is 0 Å². The number of nitrogens with zero attached hydrogens (tertiary/aromatic N) is 2. The molecule has 2 heterocycles. The third-order valence-corrected chi connectivity index (χ3v) is 3.27. The highest BCUT2D eigenvalue weighted by Crippen LogP contribution is 2.16. The minimum absolute atomic E-state index is 0.147. The first-order chi connectivity index (χ1) is 8.55. The number of carbonyl (C=O) groups excluding carboxylic acids is 1. The number of aryl methyl sites for hydroxylation is 2. The Morgan fingerprint density at radius 1 is 1.72 bits per heavy atom. The molecule has 1 aliphatic heterocycles. The van der Waals surface area contributed by atoms with Gasteiger partial charge in [-0.1, -0.05) is 6.92 Å². The van der Waals surface area contributed by atoms with Crippen molar-refractivity contribution in [2.75, 3.05) is 13.2 Å². The summed E-state index contributed by atoms with van der Waals surface area (Å²) in [6.07, 6.45) is 3.35. The van der Waals surface area contributed by atoms with Gasteiger partial charge in [0, 0.05) is 32.0 Å². The van der Waals surface area contributed by atoms with Gasteiger partial charge in [0.2, 0.25) is 5.91 Å². The lowest BCUT2D eigenvalue weighted by molar-refractivity contribution is -0.126. The Morgan fingerprint density at radius 2 is 2.50 bits per heavy atom. The molecule has 6 nitrogen and oxygen atoms in total. The molecule has 0 aliphatic carbocycles. The van der Waals surface area contributed by atoms with Crippen LogP contribution >= 0.6 is 0 Å². The molecular formula is C12H20N4O2. The van der Waals surface area contributed by atoms with Gasteiger partial charge >= 0.3 is 0 Å². The van der Waals surface area contributed by atoms with Crippen molar-refractivity contribution in [3.8, 4) is 0 Å². The molecule has 100 valence electrons. The highest BCUT2D eigenvalue weighted by molar-refractivity contribution is 5.86. The van der Waals surface area contributed by atoms with Crippen LogP contribution in [0.3, 0.4) is 0 Å². The molecule has 1 atom stereocenters. The SMILES string of the molecule is CCc1nn(C)cc1CNC(=O)C1(N)CCOC1. The fraction of sp³-hybridized carbons (Fsp3) is 0.667. The van der Waals surface area contributed by atoms with E-state index in [1.807, 2.05) is 20.2 Å². The summed E-state index contributed by atoms with van der Waals surface area (Å²) >= 11 is 0. The van der Waals surface area contributed by atoms with E-state index < -0.39 is 5.54 Å². The molecule has 1 fully saturated rings. The van der Waals surface area contributed by atoms with Crippen LogP contribution in [-0.2, 0) is 29.5 Å². The van der Waals surface area contributed by atoms with Gasteiger partial charge in [0.25, 0.3) is 0 Å². The van der Waals surface area contributed by atoms with Crippen molar-refractivity contribution >= 4 is 5.91 Å². The van der Waals surface area contributed by atoms with Crippen LogP contribution in [0.2, 0.25) is 0 Å². The number of carbonyl (C=O) groups is 1. The van der Waals surface area contributed by atoms with Gasteiger partial charge in [0.15, 0.2) is 0 Å². The quantitative estimate of drug-likeness (QED) is 0.772. The third-order valence-electron chi connectivity index (χ3n) is 3.27. The van der Waals surface area contributed by atoms with Gasteiger partial charge in [0.05, 0.1) is 12.3 Å². The second kappa shape index (κ2) is 5.07. The second-order valence-electron chi connectivity index (χ2n) is 4.77. The largest absolute Gasteiger partial charge is 0.379 e. The first kappa shape index (κ1) is 13.0. The molecule has 0 spiro atoms. The van der Waals surface area contributed by atoms with E-state index >= 15 is 0 Å². The van der Waals surface area contributed by atoms with Crippen LogP contribution < -0.4 is 11.1 Å². The van der Waals surface area contributed by atoms with Gasteiger partial charge in [-0.25, -0.2) is 0 Å². The average molecular weight is 252 g/mol. The van der Waals surface area contributed by atoms with Crippen LogP contribution in [0.15, 0.2) is 6.20 Å². The maximum absolute atomic E-state index is 12.0. The Bertz CT molecular complexity index is 435. The Balaban J connectivity index is 1.96. The molecule has 3 N–H and O–H groups in total.